The van der Waals surface area contributed by atoms with Crippen LogP contribution in [0.4, 0.5) is 5.95 Å². The molecule has 0 radical (unpaired) electrons. The van der Waals surface area contributed by atoms with Gasteiger partial charge >= 0.3 is 0 Å². The molecule has 1 unspecified atom stereocenters. The number of hydrogen-bond donors (Lipinski definition) is 0. The van der Waals surface area contributed by atoms with Crippen LogP contribution in [0.2, 0.25) is 5.02 Å². The molecule has 1 aromatic heterocycles. The Morgan fingerprint density at radius 3 is 2.48 bits per heavy atom. The van der Waals surface area contributed by atoms with E-state index in [-0.39, 0.29) is 28.6 Å². The monoisotopic (exact) mass is 395 g/mol. The highest BCUT2D eigenvalue weighted by atomic mass is 35.5. The van der Waals surface area contributed by atoms with Crippen LogP contribution in [0.15, 0.2) is 6.20 Å². The van der Waals surface area contributed by atoms with Crippen LogP contribution >= 0.6 is 11.6 Å². The molecule has 148 valence electrons. The van der Waals surface area contributed by atoms with Gasteiger partial charge in [-0.3, -0.25) is 9.59 Å². The normalized spacial score (nSPS) is 20.0. The van der Waals surface area contributed by atoms with Gasteiger partial charge in [0, 0.05) is 45.9 Å². The summed E-state index contributed by atoms with van der Waals surface area (Å²) in [6.45, 7) is 8.06. The van der Waals surface area contributed by atoms with Crippen molar-refractivity contribution in [2.45, 2.75) is 32.8 Å². The maximum atomic E-state index is 12.9. The molecule has 2 aliphatic heterocycles. The van der Waals surface area contributed by atoms with Crippen molar-refractivity contribution in [3.63, 3.8) is 0 Å². The molecule has 27 heavy (non-hydrogen) atoms. The van der Waals surface area contributed by atoms with Gasteiger partial charge in [0.15, 0.2) is 5.69 Å². The number of carbonyl (C=O) groups excluding carboxylic acids is 2. The van der Waals surface area contributed by atoms with Crippen LogP contribution in [0, 0.1) is 0 Å². The Kier molecular flexibility index (Phi) is 6.49. The predicted octanol–water partition coefficient (Wildman–Crippen LogP) is 1.44. The molecule has 2 amide bonds. The molecular formula is C18H26ClN5O3. The van der Waals surface area contributed by atoms with Crippen LogP contribution in [-0.4, -0.2) is 83.6 Å². The van der Waals surface area contributed by atoms with Gasteiger partial charge in [-0.2, -0.15) is 0 Å². The van der Waals surface area contributed by atoms with E-state index in [0.717, 1.165) is 25.9 Å². The van der Waals surface area contributed by atoms with Crippen molar-refractivity contribution in [1.82, 2.24) is 19.8 Å². The second-order valence-electron chi connectivity index (χ2n) is 6.66. The zero-order valence-electron chi connectivity index (χ0n) is 15.9. The fourth-order valence-electron chi connectivity index (χ4n) is 3.42. The van der Waals surface area contributed by atoms with Gasteiger partial charge in [0.05, 0.1) is 11.2 Å². The van der Waals surface area contributed by atoms with E-state index in [1.807, 2.05) is 18.7 Å². The maximum Gasteiger partial charge on any atom is 0.274 e. The molecule has 2 saturated heterocycles. The third-order valence-corrected chi connectivity index (χ3v) is 5.34. The Morgan fingerprint density at radius 1 is 1.22 bits per heavy atom. The van der Waals surface area contributed by atoms with Gasteiger partial charge in [-0.05, 0) is 26.7 Å². The summed E-state index contributed by atoms with van der Waals surface area (Å²) in [6, 6.07) is 0. The van der Waals surface area contributed by atoms with E-state index in [9.17, 15) is 9.59 Å². The van der Waals surface area contributed by atoms with Crippen molar-refractivity contribution < 1.29 is 14.3 Å². The van der Waals surface area contributed by atoms with Crippen molar-refractivity contribution in [2.75, 3.05) is 50.8 Å². The number of halogens is 1. The number of ether oxygens (including phenoxy) is 1. The molecule has 3 rings (SSSR count). The van der Waals surface area contributed by atoms with E-state index < -0.39 is 0 Å². The van der Waals surface area contributed by atoms with Crippen LogP contribution in [0.5, 0.6) is 0 Å². The van der Waals surface area contributed by atoms with E-state index in [0.29, 0.717) is 38.7 Å². The number of aromatic nitrogens is 2. The molecule has 2 fully saturated rings. The zero-order valence-corrected chi connectivity index (χ0v) is 16.6. The predicted molar refractivity (Wildman–Crippen MR) is 102 cm³/mol. The van der Waals surface area contributed by atoms with Gasteiger partial charge in [0.1, 0.15) is 6.10 Å². The third-order valence-electron chi connectivity index (χ3n) is 5.06. The zero-order chi connectivity index (χ0) is 19.4. The first-order valence-corrected chi connectivity index (χ1v) is 9.90. The van der Waals surface area contributed by atoms with Crippen LogP contribution < -0.4 is 4.90 Å². The minimum absolute atomic E-state index is 0.0310. The lowest BCUT2D eigenvalue weighted by Gasteiger charge is -2.35. The van der Waals surface area contributed by atoms with E-state index in [1.165, 1.54) is 6.20 Å². The van der Waals surface area contributed by atoms with Crippen molar-refractivity contribution in [3.05, 3.63) is 16.9 Å². The summed E-state index contributed by atoms with van der Waals surface area (Å²) in [5.74, 6) is 0.309. The van der Waals surface area contributed by atoms with Crippen LogP contribution in [0.1, 0.15) is 37.2 Å². The molecule has 1 atom stereocenters. The Labute approximate surface area is 164 Å². The maximum absolute atomic E-state index is 12.9. The first-order valence-electron chi connectivity index (χ1n) is 9.52. The largest absolute Gasteiger partial charge is 0.368 e. The number of anilines is 1. The quantitative estimate of drug-likeness (QED) is 0.750. The van der Waals surface area contributed by atoms with E-state index in [4.69, 9.17) is 16.3 Å². The lowest BCUT2D eigenvalue weighted by molar-refractivity contribution is -0.142. The molecule has 8 nitrogen and oxygen atoms in total. The molecule has 0 aliphatic carbocycles. The van der Waals surface area contributed by atoms with E-state index in [2.05, 4.69) is 9.97 Å². The Hall–Kier alpha value is -1.93. The van der Waals surface area contributed by atoms with Crippen molar-refractivity contribution in [2.24, 2.45) is 0 Å². The Balaban J connectivity index is 1.65. The Morgan fingerprint density at radius 2 is 1.89 bits per heavy atom. The molecule has 0 saturated carbocycles. The number of carbonyl (C=O) groups is 2. The second kappa shape index (κ2) is 8.84. The molecule has 9 heteroatoms. The number of rotatable bonds is 5. The van der Waals surface area contributed by atoms with Gasteiger partial charge in [-0.1, -0.05) is 11.6 Å². The summed E-state index contributed by atoms with van der Waals surface area (Å²) in [5.41, 5.74) is 0.215. The minimum atomic E-state index is -0.319. The summed E-state index contributed by atoms with van der Waals surface area (Å²) in [7, 11) is 0. The smallest absolute Gasteiger partial charge is 0.274 e. The average molecular weight is 396 g/mol. The highest BCUT2D eigenvalue weighted by molar-refractivity contribution is 6.33. The first-order chi connectivity index (χ1) is 13.0. The van der Waals surface area contributed by atoms with Crippen LogP contribution in [0.25, 0.3) is 0 Å². The van der Waals surface area contributed by atoms with Gasteiger partial charge in [0.25, 0.3) is 11.8 Å². The number of amides is 2. The van der Waals surface area contributed by atoms with Crippen LogP contribution in [-0.2, 0) is 9.53 Å². The highest BCUT2D eigenvalue weighted by Crippen LogP contribution is 2.20. The third kappa shape index (κ3) is 4.32. The fourth-order valence-corrected chi connectivity index (χ4v) is 3.59. The van der Waals surface area contributed by atoms with Gasteiger partial charge < -0.3 is 19.4 Å². The highest BCUT2D eigenvalue weighted by Gasteiger charge is 2.32. The molecule has 3 heterocycles. The summed E-state index contributed by atoms with van der Waals surface area (Å²) in [6.07, 6.45) is 2.87. The first kappa shape index (κ1) is 19.8. The van der Waals surface area contributed by atoms with Crippen molar-refractivity contribution in [1.29, 1.82) is 0 Å². The van der Waals surface area contributed by atoms with E-state index in [1.54, 1.807) is 9.80 Å². The molecular weight excluding hydrogens is 370 g/mol. The number of piperazine rings is 1. The van der Waals surface area contributed by atoms with Crippen molar-refractivity contribution >= 4 is 29.4 Å². The molecule has 0 spiro atoms. The second-order valence-corrected chi connectivity index (χ2v) is 7.07. The molecule has 0 aromatic carbocycles. The molecule has 1 aromatic rings. The molecule has 0 bridgehead atoms. The summed E-state index contributed by atoms with van der Waals surface area (Å²) in [5, 5.41) is 0.244. The number of hydrogen-bond acceptors (Lipinski definition) is 6. The lowest BCUT2D eigenvalue weighted by atomic mass is 10.2. The summed E-state index contributed by atoms with van der Waals surface area (Å²) in [4.78, 5) is 39.4. The summed E-state index contributed by atoms with van der Waals surface area (Å²) >= 11 is 6.19. The van der Waals surface area contributed by atoms with Gasteiger partial charge in [-0.25, -0.2) is 9.97 Å². The van der Waals surface area contributed by atoms with Crippen LogP contribution in [0.3, 0.4) is 0 Å². The fraction of sp³-hybridized carbons (Fsp3) is 0.667. The summed E-state index contributed by atoms with van der Waals surface area (Å²) < 4.78 is 5.47. The van der Waals surface area contributed by atoms with Gasteiger partial charge in [0.2, 0.25) is 5.95 Å². The molecule has 2 aliphatic rings. The van der Waals surface area contributed by atoms with Crippen molar-refractivity contribution in [3.8, 4) is 0 Å². The average Bonchev–Trinajstić information content (AvgIpc) is 3.24. The standard InChI is InChI=1S/C18H26ClN5O3/c1-3-22(4-2)18-20-12-13(19)15(21-18)17(26)24-9-7-23(8-10-24)16(25)14-6-5-11-27-14/h12,14H,3-11H2,1-2H3. The minimum Gasteiger partial charge on any atom is -0.368 e. The topological polar surface area (TPSA) is 78.9 Å². The number of nitrogens with zero attached hydrogens (tertiary/aromatic N) is 5. The molecule has 0 N–H and O–H groups in total. The van der Waals surface area contributed by atoms with E-state index >= 15 is 0 Å². The Bertz CT molecular complexity index is 684. The SMILES string of the molecule is CCN(CC)c1ncc(Cl)c(C(=O)N2CCN(C(=O)C3CCCO3)CC2)n1. The van der Waals surface area contributed by atoms with Gasteiger partial charge in [-0.15, -0.1) is 0 Å². The lowest BCUT2D eigenvalue weighted by Crippen LogP contribution is -2.53.